The number of rotatable bonds is 11. The first-order valence-electron chi connectivity index (χ1n) is 9.99. The average Bonchev–Trinajstić information content (AvgIpc) is 3.00. The van der Waals surface area contributed by atoms with Gasteiger partial charge in [0.1, 0.15) is 11.3 Å². The van der Waals surface area contributed by atoms with Crippen LogP contribution in [0, 0.1) is 0 Å². The van der Waals surface area contributed by atoms with Crippen LogP contribution in [0.2, 0.25) is 0 Å². The molecule has 0 aliphatic heterocycles. The van der Waals surface area contributed by atoms with E-state index in [9.17, 15) is 4.79 Å². The van der Waals surface area contributed by atoms with E-state index in [4.69, 9.17) is 9.52 Å². The first kappa shape index (κ1) is 20.3. The summed E-state index contributed by atoms with van der Waals surface area (Å²) in [7, 11) is 0. The molecule has 0 aliphatic carbocycles. The third-order valence-electron chi connectivity index (χ3n) is 5.12. The van der Waals surface area contributed by atoms with Gasteiger partial charge in [0.05, 0.1) is 0 Å². The maximum absolute atomic E-state index is 10.9. The summed E-state index contributed by atoms with van der Waals surface area (Å²) in [5.74, 6) is 0.260. The molecule has 2 rings (SSSR count). The molecular formula is C23H32O3. The minimum Gasteiger partial charge on any atom is -0.481 e. The number of carboxylic acids is 1. The largest absolute Gasteiger partial charge is 0.481 e. The maximum Gasteiger partial charge on any atom is 0.303 e. The quantitative estimate of drug-likeness (QED) is 0.441. The van der Waals surface area contributed by atoms with E-state index in [-0.39, 0.29) is 6.42 Å². The lowest BCUT2D eigenvalue weighted by molar-refractivity contribution is -0.137. The van der Waals surface area contributed by atoms with Crippen LogP contribution in [0.4, 0.5) is 0 Å². The molecule has 0 spiro atoms. The van der Waals surface area contributed by atoms with Crippen molar-refractivity contribution in [1.82, 2.24) is 0 Å². The number of carbonyl (C=O) groups is 1. The summed E-state index contributed by atoms with van der Waals surface area (Å²) in [5.41, 5.74) is 4.74. The highest BCUT2D eigenvalue weighted by Gasteiger charge is 2.19. The summed E-state index contributed by atoms with van der Waals surface area (Å²) in [6.45, 7) is 6.52. The number of fused-ring (bicyclic) bond motifs is 1. The van der Waals surface area contributed by atoms with Crippen LogP contribution in [0.15, 0.2) is 34.3 Å². The van der Waals surface area contributed by atoms with E-state index in [1.165, 1.54) is 41.4 Å². The highest BCUT2D eigenvalue weighted by molar-refractivity contribution is 5.87. The minimum absolute atomic E-state index is 0.201. The van der Waals surface area contributed by atoms with Gasteiger partial charge in [0, 0.05) is 17.4 Å². The number of carboxylic acid groups (broad SMARTS) is 1. The Morgan fingerprint density at radius 1 is 1.04 bits per heavy atom. The van der Waals surface area contributed by atoms with Gasteiger partial charge in [-0.1, -0.05) is 56.9 Å². The second-order valence-corrected chi connectivity index (χ2v) is 7.08. The molecule has 1 aromatic heterocycles. The van der Waals surface area contributed by atoms with Gasteiger partial charge in [-0.05, 0) is 50.7 Å². The molecule has 0 atom stereocenters. The number of hydrogen-bond acceptors (Lipinski definition) is 2. The third kappa shape index (κ3) is 5.23. The van der Waals surface area contributed by atoms with Crippen molar-refractivity contribution < 1.29 is 14.3 Å². The molecule has 0 radical (unpaired) electrons. The number of para-hydroxylation sites is 1. The zero-order valence-electron chi connectivity index (χ0n) is 16.4. The van der Waals surface area contributed by atoms with Gasteiger partial charge in [-0.15, -0.1) is 0 Å². The Balaban J connectivity index is 2.37. The van der Waals surface area contributed by atoms with Crippen molar-refractivity contribution in [3.8, 4) is 0 Å². The lowest BCUT2D eigenvalue weighted by atomic mass is 9.93. The average molecular weight is 357 g/mol. The van der Waals surface area contributed by atoms with E-state index in [1.807, 2.05) is 12.1 Å². The van der Waals surface area contributed by atoms with Gasteiger partial charge in [-0.2, -0.15) is 0 Å². The zero-order valence-corrected chi connectivity index (χ0v) is 16.4. The highest BCUT2D eigenvalue weighted by Crippen LogP contribution is 2.36. The fraction of sp³-hybridized carbons (Fsp3) is 0.522. The van der Waals surface area contributed by atoms with Crippen LogP contribution in [-0.4, -0.2) is 11.1 Å². The van der Waals surface area contributed by atoms with Gasteiger partial charge in [-0.3, -0.25) is 4.79 Å². The molecule has 3 heteroatoms. The van der Waals surface area contributed by atoms with Crippen LogP contribution >= 0.6 is 0 Å². The van der Waals surface area contributed by atoms with Crippen molar-refractivity contribution in [1.29, 1.82) is 0 Å². The number of hydrogen-bond donors (Lipinski definition) is 1. The van der Waals surface area contributed by atoms with E-state index in [0.717, 1.165) is 37.0 Å². The molecule has 0 saturated heterocycles. The van der Waals surface area contributed by atoms with Crippen LogP contribution in [0.25, 0.3) is 16.5 Å². The van der Waals surface area contributed by atoms with E-state index < -0.39 is 5.97 Å². The predicted molar refractivity (Wildman–Crippen MR) is 108 cm³/mol. The fourth-order valence-electron chi connectivity index (χ4n) is 3.47. The first-order valence-corrected chi connectivity index (χ1v) is 9.99. The van der Waals surface area contributed by atoms with Crippen LogP contribution in [0.5, 0.6) is 0 Å². The van der Waals surface area contributed by atoms with Gasteiger partial charge < -0.3 is 9.52 Å². The Morgan fingerprint density at radius 2 is 1.81 bits per heavy atom. The zero-order chi connectivity index (χ0) is 18.9. The molecule has 0 unspecified atom stereocenters. The number of furan rings is 1. The highest BCUT2D eigenvalue weighted by atomic mass is 16.4. The Labute approximate surface area is 157 Å². The maximum atomic E-state index is 10.9. The standard InChI is InChI=1S/C23H32O3/c1-4-6-7-8-13-20-19-12-9-10-15-21(19)26-23(20)18(17(3)5-2)14-11-16-22(24)25/h9-10,12,15H,4-8,11,13-14,16H2,1-3H3,(H,24,25)/b18-17+. The van der Waals surface area contributed by atoms with Crippen LogP contribution in [-0.2, 0) is 11.2 Å². The summed E-state index contributed by atoms with van der Waals surface area (Å²) in [4.78, 5) is 10.9. The van der Waals surface area contributed by atoms with E-state index in [0.29, 0.717) is 6.42 Å². The molecule has 26 heavy (non-hydrogen) atoms. The smallest absolute Gasteiger partial charge is 0.303 e. The van der Waals surface area contributed by atoms with Crippen molar-refractivity contribution in [2.45, 2.75) is 78.6 Å². The monoisotopic (exact) mass is 356 g/mol. The Bertz CT molecular complexity index is 752. The Hall–Kier alpha value is -2.03. The van der Waals surface area contributed by atoms with Crippen molar-refractivity contribution in [2.24, 2.45) is 0 Å². The third-order valence-corrected chi connectivity index (χ3v) is 5.12. The number of aliphatic carboxylic acids is 1. The molecule has 0 saturated carbocycles. The molecule has 3 nitrogen and oxygen atoms in total. The minimum atomic E-state index is -0.733. The van der Waals surface area contributed by atoms with Gasteiger partial charge >= 0.3 is 5.97 Å². The normalized spacial score (nSPS) is 12.4. The summed E-state index contributed by atoms with van der Waals surface area (Å²) in [6.07, 6.45) is 8.47. The topological polar surface area (TPSA) is 50.4 Å². The summed E-state index contributed by atoms with van der Waals surface area (Å²) in [5, 5.41) is 10.2. The van der Waals surface area contributed by atoms with E-state index >= 15 is 0 Å². The van der Waals surface area contributed by atoms with Crippen molar-refractivity contribution >= 4 is 22.5 Å². The van der Waals surface area contributed by atoms with Gasteiger partial charge in [0.25, 0.3) is 0 Å². The molecule has 1 aromatic carbocycles. The fourth-order valence-corrected chi connectivity index (χ4v) is 3.47. The molecule has 2 aromatic rings. The summed E-state index contributed by atoms with van der Waals surface area (Å²) in [6, 6.07) is 8.26. The molecule has 142 valence electrons. The van der Waals surface area contributed by atoms with Crippen LogP contribution in [0.1, 0.15) is 83.5 Å². The number of aryl methyl sites for hydroxylation is 1. The van der Waals surface area contributed by atoms with Crippen molar-refractivity contribution in [3.63, 3.8) is 0 Å². The number of benzene rings is 1. The number of allylic oxidation sites excluding steroid dienone is 2. The molecule has 0 aliphatic rings. The lowest BCUT2D eigenvalue weighted by Crippen LogP contribution is -1.98. The SMILES string of the molecule is CCCCCCc1c(/C(CCCC(=O)O)=C(\C)CC)oc2ccccc12. The summed E-state index contributed by atoms with van der Waals surface area (Å²) >= 11 is 0. The second-order valence-electron chi connectivity index (χ2n) is 7.08. The van der Waals surface area contributed by atoms with Crippen LogP contribution in [0.3, 0.4) is 0 Å². The molecule has 1 heterocycles. The van der Waals surface area contributed by atoms with Gasteiger partial charge in [0.2, 0.25) is 0 Å². The number of unbranched alkanes of at least 4 members (excludes halogenated alkanes) is 3. The van der Waals surface area contributed by atoms with Crippen molar-refractivity contribution in [2.75, 3.05) is 0 Å². The van der Waals surface area contributed by atoms with E-state index in [2.05, 4.69) is 32.9 Å². The Kier molecular flexibility index (Phi) is 7.96. The molecule has 0 amide bonds. The lowest BCUT2D eigenvalue weighted by Gasteiger charge is -2.11. The van der Waals surface area contributed by atoms with E-state index in [1.54, 1.807) is 0 Å². The van der Waals surface area contributed by atoms with Crippen molar-refractivity contribution in [3.05, 3.63) is 41.2 Å². The molecular weight excluding hydrogens is 324 g/mol. The molecule has 0 fully saturated rings. The van der Waals surface area contributed by atoms with Crippen LogP contribution < -0.4 is 0 Å². The first-order chi connectivity index (χ1) is 12.6. The van der Waals surface area contributed by atoms with Gasteiger partial charge in [-0.25, -0.2) is 0 Å². The Morgan fingerprint density at radius 3 is 2.50 bits per heavy atom. The summed E-state index contributed by atoms with van der Waals surface area (Å²) < 4.78 is 6.29. The van der Waals surface area contributed by atoms with Gasteiger partial charge in [0.15, 0.2) is 0 Å². The molecule has 0 bridgehead atoms. The predicted octanol–water partition coefficient (Wildman–Crippen LogP) is 6.99. The second kappa shape index (κ2) is 10.2. The molecule has 1 N–H and O–H groups in total.